The molecule has 0 aliphatic heterocycles. The molecule has 4 heteroatoms. The molecule has 1 atom stereocenters. The Balaban J connectivity index is 2.39. The van der Waals surface area contributed by atoms with Crippen LogP contribution in [0.25, 0.3) is 11.0 Å². The van der Waals surface area contributed by atoms with Crippen molar-refractivity contribution in [2.45, 2.75) is 19.4 Å². The summed E-state index contributed by atoms with van der Waals surface area (Å²) >= 11 is 0. The molecule has 0 spiro atoms. The van der Waals surface area contributed by atoms with Crippen LogP contribution in [0.3, 0.4) is 0 Å². The van der Waals surface area contributed by atoms with Gasteiger partial charge >= 0.3 is 5.97 Å². The average Bonchev–Trinajstić information content (AvgIpc) is 2.59. The summed E-state index contributed by atoms with van der Waals surface area (Å²) in [6.07, 6.45) is 1.80. The maximum Gasteiger partial charge on any atom is 0.305 e. The molecule has 1 heterocycles. The molecule has 0 aliphatic rings. The van der Waals surface area contributed by atoms with Crippen molar-refractivity contribution in [1.82, 2.24) is 9.55 Å². The number of carboxylic acid groups (broad SMARTS) is 1. The summed E-state index contributed by atoms with van der Waals surface area (Å²) in [6.45, 7) is 1.88. The van der Waals surface area contributed by atoms with Crippen molar-refractivity contribution in [3.05, 3.63) is 30.6 Å². The smallest absolute Gasteiger partial charge is 0.305 e. The largest absolute Gasteiger partial charge is 0.481 e. The molecule has 0 saturated heterocycles. The lowest BCUT2D eigenvalue weighted by Gasteiger charge is -2.11. The van der Waals surface area contributed by atoms with Gasteiger partial charge in [0.15, 0.2) is 0 Å². The Morgan fingerprint density at radius 3 is 3.00 bits per heavy atom. The van der Waals surface area contributed by atoms with Crippen molar-refractivity contribution in [3.63, 3.8) is 0 Å². The first-order valence-electron chi connectivity index (χ1n) is 4.82. The summed E-state index contributed by atoms with van der Waals surface area (Å²) in [5, 5.41) is 8.72. The van der Waals surface area contributed by atoms with Gasteiger partial charge in [-0.15, -0.1) is 0 Å². The Kier molecular flexibility index (Phi) is 2.41. The van der Waals surface area contributed by atoms with E-state index in [9.17, 15) is 4.79 Å². The van der Waals surface area contributed by atoms with Gasteiger partial charge in [0, 0.05) is 6.04 Å². The second-order valence-corrected chi connectivity index (χ2v) is 3.59. The second kappa shape index (κ2) is 3.73. The highest BCUT2D eigenvalue weighted by atomic mass is 16.4. The van der Waals surface area contributed by atoms with E-state index in [0.717, 1.165) is 11.0 Å². The molecule has 0 fully saturated rings. The van der Waals surface area contributed by atoms with E-state index in [1.54, 1.807) is 6.33 Å². The Morgan fingerprint density at radius 1 is 1.53 bits per heavy atom. The van der Waals surface area contributed by atoms with E-state index in [1.807, 2.05) is 35.8 Å². The van der Waals surface area contributed by atoms with Gasteiger partial charge < -0.3 is 9.67 Å². The summed E-state index contributed by atoms with van der Waals surface area (Å²) in [5.74, 6) is -0.791. The zero-order valence-electron chi connectivity index (χ0n) is 8.42. The molecule has 2 rings (SSSR count). The number of carbonyl (C=O) groups is 1. The number of hydrogen-bond donors (Lipinski definition) is 1. The Bertz CT molecular complexity index is 490. The average molecular weight is 204 g/mol. The molecule has 0 aliphatic carbocycles. The maximum absolute atomic E-state index is 10.6. The molecule has 0 saturated carbocycles. The quantitative estimate of drug-likeness (QED) is 0.832. The monoisotopic (exact) mass is 204 g/mol. The SMILES string of the molecule is C[C@@H](CC(=O)O)n1cnc2ccccc21. The maximum atomic E-state index is 10.6. The van der Waals surface area contributed by atoms with Gasteiger partial charge in [0.05, 0.1) is 23.8 Å². The lowest BCUT2D eigenvalue weighted by atomic mass is 10.2. The minimum Gasteiger partial charge on any atom is -0.481 e. The lowest BCUT2D eigenvalue weighted by Crippen LogP contribution is -2.09. The molecule has 0 unspecified atom stereocenters. The topological polar surface area (TPSA) is 55.1 Å². The fourth-order valence-electron chi connectivity index (χ4n) is 1.68. The first-order chi connectivity index (χ1) is 7.18. The molecule has 1 N–H and O–H groups in total. The number of hydrogen-bond acceptors (Lipinski definition) is 2. The van der Waals surface area contributed by atoms with Gasteiger partial charge in [-0.2, -0.15) is 0 Å². The van der Waals surface area contributed by atoms with Crippen LogP contribution in [-0.4, -0.2) is 20.6 Å². The van der Waals surface area contributed by atoms with Crippen LogP contribution in [0.5, 0.6) is 0 Å². The Hall–Kier alpha value is -1.84. The summed E-state index contributed by atoms with van der Waals surface area (Å²) in [5.41, 5.74) is 1.88. The van der Waals surface area contributed by atoms with Crippen molar-refractivity contribution < 1.29 is 9.90 Å². The number of rotatable bonds is 3. The van der Waals surface area contributed by atoms with Gasteiger partial charge in [0.1, 0.15) is 0 Å². The summed E-state index contributed by atoms with van der Waals surface area (Å²) in [6, 6.07) is 7.63. The fraction of sp³-hybridized carbons (Fsp3) is 0.273. The van der Waals surface area contributed by atoms with Gasteiger partial charge in [-0.25, -0.2) is 4.98 Å². The first kappa shape index (κ1) is 9.71. The first-order valence-corrected chi connectivity index (χ1v) is 4.82. The van der Waals surface area contributed by atoms with Gasteiger partial charge in [-0.1, -0.05) is 12.1 Å². The molecule has 0 bridgehead atoms. The summed E-state index contributed by atoms with van der Waals surface area (Å²) < 4.78 is 1.89. The van der Waals surface area contributed by atoms with Crippen LogP contribution in [0.1, 0.15) is 19.4 Å². The molecular formula is C11H12N2O2. The third-order valence-electron chi connectivity index (χ3n) is 2.43. The zero-order chi connectivity index (χ0) is 10.8. The van der Waals surface area contributed by atoms with Crippen LogP contribution in [0.4, 0.5) is 0 Å². The van der Waals surface area contributed by atoms with Crippen LogP contribution in [0.15, 0.2) is 30.6 Å². The lowest BCUT2D eigenvalue weighted by molar-refractivity contribution is -0.137. The number of nitrogens with zero attached hydrogens (tertiary/aromatic N) is 2. The van der Waals surface area contributed by atoms with Crippen LogP contribution < -0.4 is 0 Å². The normalized spacial score (nSPS) is 12.9. The molecule has 15 heavy (non-hydrogen) atoms. The molecular weight excluding hydrogens is 192 g/mol. The number of benzene rings is 1. The molecule has 0 radical (unpaired) electrons. The highest BCUT2D eigenvalue weighted by Crippen LogP contribution is 2.19. The van der Waals surface area contributed by atoms with Crippen LogP contribution in [0.2, 0.25) is 0 Å². The van der Waals surface area contributed by atoms with E-state index >= 15 is 0 Å². The molecule has 4 nitrogen and oxygen atoms in total. The van der Waals surface area contributed by atoms with E-state index in [-0.39, 0.29) is 12.5 Å². The molecule has 0 amide bonds. The number of aromatic nitrogens is 2. The van der Waals surface area contributed by atoms with Gasteiger partial charge in [0.2, 0.25) is 0 Å². The molecule has 1 aromatic carbocycles. The van der Waals surface area contributed by atoms with Crippen LogP contribution in [0, 0.1) is 0 Å². The predicted octanol–water partition coefficient (Wildman–Crippen LogP) is 2.07. The third kappa shape index (κ3) is 1.83. The number of fused-ring (bicyclic) bond motifs is 1. The standard InChI is InChI=1S/C11H12N2O2/c1-8(6-11(14)15)13-7-12-9-4-2-3-5-10(9)13/h2-5,7-8H,6H2,1H3,(H,14,15)/t8-/m0/s1. The molecule has 1 aromatic heterocycles. The van der Waals surface area contributed by atoms with Gasteiger partial charge in [-0.05, 0) is 19.1 Å². The van der Waals surface area contributed by atoms with Crippen molar-refractivity contribution >= 4 is 17.0 Å². The van der Waals surface area contributed by atoms with Crippen molar-refractivity contribution in [1.29, 1.82) is 0 Å². The van der Waals surface area contributed by atoms with Crippen molar-refractivity contribution in [2.24, 2.45) is 0 Å². The van der Waals surface area contributed by atoms with Crippen LogP contribution in [-0.2, 0) is 4.79 Å². The fourth-order valence-corrected chi connectivity index (χ4v) is 1.68. The summed E-state index contributed by atoms with van der Waals surface area (Å²) in [7, 11) is 0. The van der Waals surface area contributed by atoms with E-state index in [4.69, 9.17) is 5.11 Å². The molecule has 78 valence electrons. The van der Waals surface area contributed by atoms with Crippen LogP contribution >= 0.6 is 0 Å². The third-order valence-corrected chi connectivity index (χ3v) is 2.43. The zero-order valence-corrected chi connectivity index (χ0v) is 8.42. The summed E-state index contributed by atoms with van der Waals surface area (Å²) in [4.78, 5) is 14.8. The highest BCUT2D eigenvalue weighted by Gasteiger charge is 2.11. The minimum atomic E-state index is -0.791. The Labute approximate surface area is 87.2 Å². The second-order valence-electron chi connectivity index (χ2n) is 3.59. The number of para-hydroxylation sites is 2. The minimum absolute atomic E-state index is 0.0742. The van der Waals surface area contributed by atoms with Gasteiger partial charge in [0.25, 0.3) is 0 Å². The van der Waals surface area contributed by atoms with E-state index in [2.05, 4.69) is 4.98 Å². The van der Waals surface area contributed by atoms with E-state index < -0.39 is 5.97 Å². The molecule has 2 aromatic rings. The van der Waals surface area contributed by atoms with Gasteiger partial charge in [-0.3, -0.25) is 4.79 Å². The number of imidazole rings is 1. The van der Waals surface area contributed by atoms with Crippen molar-refractivity contribution in [2.75, 3.05) is 0 Å². The van der Waals surface area contributed by atoms with Crippen molar-refractivity contribution in [3.8, 4) is 0 Å². The van der Waals surface area contributed by atoms with E-state index in [1.165, 1.54) is 0 Å². The highest BCUT2D eigenvalue weighted by molar-refractivity contribution is 5.75. The number of carboxylic acids is 1. The predicted molar refractivity (Wildman–Crippen MR) is 56.7 cm³/mol. The van der Waals surface area contributed by atoms with E-state index in [0.29, 0.717) is 0 Å². The number of aliphatic carboxylic acids is 1. The Morgan fingerprint density at radius 2 is 2.27 bits per heavy atom.